The number of benzene rings is 1. The SMILES string of the molecule is CC(C)[C@@H]1CN(C(=O)C2(c3ccccc3)CC2)C[C@H]1C(=O)O. The van der Waals surface area contributed by atoms with E-state index in [-0.39, 0.29) is 17.7 Å². The molecule has 1 aliphatic heterocycles. The summed E-state index contributed by atoms with van der Waals surface area (Å²) in [4.78, 5) is 26.3. The summed E-state index contributed by atoms with van der Waals surface area (Å²) >= 11 is 0. The van der Waals surface area contributed by atoms with Crippen LogP contribution in [0.4, 0.5) is 0 Å². The molecule has 1 aromatic carbocycles. The molecule has 0 radical (unpaired) electrons. The minimum atomic E-state index is -0.779. The minimum absolute atomic E-state index is 0.0491. The third-order valence-corrected chi connectivity index (χ3v) is 5.31. The number of carboxylic acids is 1. The highest BCUT2D eigenvalue weighted by molar-refractivity contribution is 5.92. The monoisotopic (exact) mass is 301 g/mol. The molecule has 1 aromatic rings. The second-order valence-electron chi connectivity index (χ2n) is 7.01. The first-order valence-corrected chi connectivity index (χ1v) is 8.03. The van der Waals surface area contributed by atoms with Crippen molar-refractivity contribution >= 4 is 11.9 Å². The van der Waals surface area contributed by atoms with Crippen LogP contribution < -0.4 is 0 Å². The predicted octanol–water partition coefficient (Wildman–Crippen LogP) is 2.53. The van der Waals surface area contributed by atoms with Crippen molar-refractivity contribution in [2.24, 2.45) is 17.8 Å². The molecule has 4 nitrogen and oxygen atoms in total. The van der Waals surface area contributed by atoms with Crippen molar-refractivity contribution in [3.63, 3.8) is 0 Å². The van der Waals surface area contributed by atoms with E-state index in [0.29, 0.717) is 13.1 Å². The Hall–Kier alpha value is -1.84. The molecule has 22 heavy (non-hydrogen) atoms. The minimum Gasteiger partial charge on any atom is -0.481 e. The van der Waals surface area contributed by atoms with Crippen LogP contribution in [0.5, 0.6) is 0 Å². The van der Waals surface area contributed by atoms with Gasteiger partial charge in [0.2, 0.25) is 5.91 Å². The van der Waals surface area contributed by atoms with Gasteiger partial charge in [0.25, 0.3) is 0 Å². The van der Waals surface area contributed by atoms with Crippen LogP contribution >= 0.6 is 0 Å². The lowest BCUT2D eigenvalue weighted by molar-refractivity contribution is -0.143. The van der Waals surface area contributed by atoms with E-state index in [4.69, 9.17) is 0 Å². The molecule has 1 aliphatic carbocycles. The Bertz CT molecular complexity index is 577. The van der Waals surface area contributed by atoms with Gasteiger partial charge in [-0.3, -0.25) is 9.59 Å². The fraction of sp³-hybridized carbons (Fsp3) is 0.556. The lowest BCUT2D eigenvalue weighted by Crippen LogP contribution is -2.38. The fourth-order valence-electron chi connectivity index (χ4n) is 3.74. The van der Waals surface area contributed by atoms with E-state index in [1.54, 1.807) is 4.90 Å². The molecule has 0 bridgehead atoms. The maximum Gasteiger partial charge on any atom is 0.308 e. The van der Waals surface area contributed by atoms with Gasteiger partial charge in [0.05, 0.1) is 11.3 Å². The van der Waals surface area contributed by atoms with Gasteiger partial charge < -0.3 is 10.0 Å². The third kappa shape index (κ3) is 2.40. The maximum absolute atomic E-state index is 13.0. The summed E-state index contributed by atoms with van der Waals surface area (Å²) in [5.74, 6) is -0.777. The van der Waals surface area contributed by atoms with Gasteiger partial charge in [-0.25, -0.2) is 0 Å². The number of aliphatic carboxylic acids is 1. The van der Waals surface area contributed by atoms with Gasteiger partial charge in [-0.2, -0.15) is 0 Å². The average Bonchev–Trinajstić information content (AvgIpc) is 3.18. The van der Waals surface area contributed by atoms with Crippen LogP contribution in [0.15, 0.2) is 30.3 Å². The van der Waals surface area contributed by atoms with Crippen LogP contribution in [0.3, 0.4) is 0 Å². The van der Waals surface area contributed by atoms with Crippen molar-refractivity contribution in [1.29, 1.82) is 0 Å². The van der Waals surface area contributed by atoms with Crippen molar-refractivity contribution in [2.45, 2.75) is 32.1 Å². The first-order valence-electron chi connectivity index (χ1n) is 8.03. The molecule has 3 rings (SSSR count). The summed E-state index contributed by atoms with van der Waals surface area (Å²) in [6.07, 6.45) is 1.74. The largest absolute Gasteiger partial charge is 0.481 e. The molecule has 1 N–H and O–H groups in total. The van der Waals surface area contributed by atoms with Gasteiger partial charge in [-0.05, 0) is 30.2 Å². The summed E-state index contributed by atoms with van der Waals surface area (Å²) in [7, 11) is 0. The molecule has 2 fully saturated rings. The summed E-state index contributed by atoms with van der Waals surface area (Å²) in [6.45, 7) is 5.00. The second kappa shape index (κ2) is 5.41. The number of likely N-dealkylation sites (tertiary alicyclic amines) is 1. The molecule has 0 spiro atoms. The normalized spacial score (nSPS) is 26.2. The number of nitrogens with zero attached hydrogens (tertiary/aromatic N) is 1. The molecule has 1 saturated heterocycles. The summed E-state index contributed by atoms with van der Waals surface area (Å²) in [6, 6.07) is 9.90. The number of carboxylic acid groups (broad SMARTS) is 1. The number of carbonyl (C=O) groups excluding carboxylic acids is 1. The van der Waals surface area contributed by atoms with Crippen molar-refractivity contribution in [1.82, 2.24) is 4.90 Å². The Labute approximate surface area is 131 Å². The second-order valence-corrected chi connectivity index (χ2v) is 7.01. The van der Waals surface area contributed by atoms with Crippen molar-refractivity contribution in [3.05, 3.63) is 35.9 Å². The van der Waals surface area contributed by atoms with Crippen molar-refractivity contribution in [3.8, 4) is 0 Å². The molecular formula is C18H23NO3. The highest BCUT2D eigenvalue weighted by atomic mass is 16.4. The average molecular weight is 301 g/mol. The predicted molar refractivity (Wildman–Crippen MR) is 83.4 cm³/mol. The lowest BCUT2D eigenvalue weighted by atomic mass is 9.86. The molecular weight excluding hydrogens is 278 g/mol. The zero-order valence-corrected chi connectivity index (χ0v) is 13.2. The summed E-state index contributed by atoms with van der Waals surface area (Å²) in [5, 5.41) is 9.43. The Morgan fingerprint density at radius 3 is 2.27 bits per heavy atom. The zero-order valence-electron chi connectivity index (χ0n) is 13.2. The standard InChI is InChI=1S/C18H23NO3/c1-12(2)14-10-19(11-15(14)16(20)21)17(22)18(8-9-18)13-6-4-3-5-7-13/h3-7,12,14-15H,8-11H2,1-2H3,(H,20,21)/t14-,15+/m0/s1. The number of hydrogen-bond acceptors (Lipinski definition) is 2. The highest BCUT2D eigenvalue weighted by Gasteiger charge is 2.55. The van der Waals surface area contributed by atoms with Gasteiger partial charge in [-0.1, -0.05) is 44.2 Å². The summed E-state index contributed by atoms with van der Waals surface area (Å²) in [5.41, 5.74) is 0.677. The first kappa shape index (κ1) is 15.1. The van der Waals surface area contributed by atoms with Gasteiger partial charge in [-0.15, -0.1) is 0 Å². The van der Waals surface area contributed by atoms with Crippen LogP contribution in [0.25, 0.3) is 0 Å². The lowest BCUT2D eigenvalue weighted by Gasteiger charge is -2.24. The van der Waals surface area contributed by atoms with Crippen LogP contribution in [-0.4, -0.2) is 35.0 Å². The van der Waals surface area contributed by atoms with Gasteiger partial charge >= 0.3 is 5.97 Å². The fourth-order valence-corrected chi connectivity index (χ4v) is 3.74. The smallest absolute Gasteiger partial charge is 0.308 e. The maximum atomic E-state index is 13.0. The van der Waals surface area contributed by atoms with E-state index < -0.39 is 17.3 Å². The molecule has 2 atom stereocenters. The van der Waals surface area contributed by atoms with Crippen molar-refractivity contribution in [2.75, 3.05) is 13.1 Å². The van der Waals surface area contributed by atoms with Crippen molar-refractivity contribution < 1.29 is 14.7 Å². The Kier molecular flexibility index (Phi) is 3.71. The Morgan fingerprint density at radius 2 is 1.82 bits per heavy atom. The van der Waals surface area contributed by atoms with E-state index in [2.05, 4.69) is 0 Å². The molecule has 1 amide bonds. The number of carbonyl (C=O) groups is 2. The molecule has 118 valence electrons. The number of hydrogen-bond donors (Lipinski definition) is 1. The first-order chi connectivity index (χ1) is 10.5. The molecule has 0 unspecified atom stereocenters. The molecule has 0 aromatic heterocycles. The van der Waals surface area contributed by atoms with Crippen LogP contribution in [0, 0.1) is 17.8 Å². The van der Waals surface area contributed by atoms with Gasteiger partial charge in [0, 0.05) is 13.1 Å². The number of amides is 1. The van der Waals surface area contributed by atoms with E-state index in [1.165, 1.54) is 0 Å². The van der Waals surface area contributed by atoms with Gasteiger partial charge in [0.1, 0.15) is 0 Å². The zero-order chi connectivity index (χ0) is 15.9. The molecule has 1 saturated carbocycles. The number of rotatable bonds is 4. The molecule has 2 aliphatic rings. The molecule has 4 heteroatoms. The Balaban J connectivity index is 1.81. The highest BCUT2D eigenvalue weighted by Crippen LogP contribution is 2.50. The summed E-state index contributed by atoms with van der Waals surface area (Å²) < 4.78 is 0. The van der Waals surface area contributed by atoms with Crippen LogP contribution in [-0.2, 0) is 15.0 Å². The Morgan fingerprint density at radius 1 is 1.18 bits per heavy atom. The van der Waals surface area contributed by atoms with E-state index in [9.17, 15) is 14.7 Å². The molecule has 1 heterocycles. The third-order valence-electron chi connectivity index (χ3n) is 5.31. The topological polar surface area (TPSA) is 57.6 Å². The van der Waals surface area contributed by atoms with E-state index >= 15 is 0 Å². The van der Waals surface area contributed by atoms with E-state index in [1.807, 2.05) is 44.2 Å². The van der Waals surface area contributed by atoms with E-state index in [0.717, 1.165) is 18.4 Å². The quantitative estimate of drug-likeness (QED) is 0.929. The van der Waals surface area contributed by atoms with Crippen LogP contribution in [0.1, 0.15) is 32.3 Å². The van der Waals surface area contributed by atoms with Gasteiger partial charge in [0.15, 0.2) is 0 Å². The van der Waals surface area contributed by atoms with Crippen LogP contribution in [0.2, 0.25) is 0 Å².